The Kier molecular flexibility index (Phi) is 15.9. The number of nitrogens with one attached hydrogen (secondary N) is 2. The highest BCUT2D eigenvalue weighted by atomic mass is 16.6. The first kappa shape index (κ1) is 43.3. The van der Waals surface area contributed by atoms with Crippen LogP contribution in [0.15, 0.2) is 72.8 Å². The van der Waals surface area contributed by atoms with Crippen molar-refractivity contribution in [3.05, 3.63) is 95.1 Å². The highest BCUT2D eigenvalue weighted by Gasteiger charge is 2.38. The Morgan fingerprint density at radius 3 is 1.91 bits per heavy atom. The highest BCUT2D eigenvalue weighted by Crippen LogP contribution is 2.29. The summed E-state index contributed by atoms with van der Waals surface area (Å²) in [6, 6.07) is 16.7. The van der Waals surface area contributed by atoms with Gasteiger partial charge in [-0.2, -0.15) is 0 Å². The van der Waals surface area contributed by atoms with Gasteiger partial charge in [0.15, 0.2) is 0 Å². The molecule has 0 saturated heterocycles. The molecule has 0 aliphatic carbocycles. The third kappa shape index (κ3) is 14.4. The second-order valence-electron chi connectivity index (χ2n) is 15.7. The quantitative estimate of drug-likeness (QED) is 0.0821. The standard InChI is InChI=1S/C43H59N3O8/c1-9-10-11-12-16-25-46(39(50)34(45-41(52)54-43(6,7)8)27-31-19-22-33(47)23-20-31)37(32-21-24-36(48)29(2)26-32)38(49)44-35(40(51)53-42(3,4)5)28-30-17-14-13-15-18-30/h13-15,17-24,26,34-35,37,47-48H,9-12,16,25,27-28H2,1-8H3,(H,44,49)(H,45,52). The van der Waals surface area contributed by atoms with Gasteiger partial charge in [0.25, 0.3) is 0 Å². The maximum absolute atomic E-state index is 15.0. The number of phenols is 2. The van der Waals surface area contributed by atoms with E-state index in [1.165, 1.54) is 23.1 Å². The van der Waals surface area contributed by atoms with Crippen molar-refractivity contribution >= 4 is 23.9 Å². The molecule has 11 nitrogen and oxygen atoms in total. The van der Waals surface area contributed by atoms with Crippen LogP contribution < -0.4 is 10.6 Å². The lowest BCUT2D eigenvalue weighted by atomic mass is 9.97. The van der Waals surface area contributed by atoms with Gasteiger partial charge in [0.2, 0.25) is 11.8 Å². The van der Waals surface area contributed by atoms with E-state index in [4.69, 9.17) is 9.47 Å². The van der Waals surface area contributed by atoms with E-state index >= 15 is 0 Å². The Hall–Kier alpha value is -5.06. The summed E-state index contributed by atoms with van der Waals surface area (Å²) in [7, 11) is 0. The second-order valence-corrected chi connectivity index (χ2v) is 15.7. The van der Waals surface area contributed by atoms with E-state index in [1.807, 2.05) is 30.3 Å². The molecule has 294 valence electrons. The second kappa shape index (κ2) is 19.9. The molecule has 0 aliphatic heterocycles. The van der Waals surface area contributed by atoms with Crippen molar-refractivity contribution in [1.29, 1.82) is 0 Å². The van der Waals surface area contributed by atoms with Gasteiger partial charge in [-0.05, 0) is 101 Å². The number of rotatable bonds is 17. The summed E-state index contributed by atoms with van der Waals surface area (Å²) < 4.78 is 11.3. The average molecular weight is 746 g/mol. The number of alkyl carbamates (subject to hydrolysis) is 1. The van der Waals surface area contributed by atoms with Gasteiger partial charge in [0, 0.05) is 19.4 Å². The maximum atomic E-state index is 15.0. The number of aromatic hydroxyl groups is 2. The molecule has 11 heteroatoms. The van der Waals surface area contributed by atoms with Crippen LogP contribution in [-0.4, -0.2) is 68.8 Å². The fourth-order valence-electron chi connectivity index (χ4n) is 5.96. The monoisotopic (exact) mass is 745 g/mol. The molecule has 0 heterocycles. The number of benzene rings is 3. The molecular weight excluding hydrogens is 686 g/mol. The molecule has 3 unspecified atom stereocenters. The molecule has 0 aromatic heterocycles. The van der Waals surface area contributed by atoms with Gasteiger partial charge in [-0.25, -0.2) is 9.59 Å². The van der Waals surface area contributed by atoms with Crippen LogP contribution in [0.3, 0.4) is 0 Å². The predicted octanol–water partition coefficient (Wildman–Crippen LogP) is 7.45. The SMILES string of the molecule is CCCCCCCN(C(=O)C(Cc1ccc(O)cc1)NC(=O)OC(C)(C)C)C(C(=O)NC(Cc1ccccc1)C(=O)OC(C)(C)C)c1ccc(O)c(C)c1. The minimum atomic E-state index is -1.27. The van der Waals surface area contributed by atoms with E-state index in [0.717, 1.165) is 31.2 Å². The first-order valence-electron chi connectivity index (χ1n) is 18.8. The Morgan fingerprint density at radius 2 is 1.31 bits per heavy atom. The molecule has 0 spiro atoms. The van der Waals surface area contributed by atoms with Crippen molar-refractivity contribution in [3.63, 3.8) is 0 Å². The minimum absolute atomic E-state index is 0.0165. The van der Waals surface area contributed by atoms with Crippen molar-refractivity contribution in [1.82, 2.24) is 15.5 Å². The van der Waals surface area contributed by atoms with Crippen LogP contribution in [-0.2, 0) is 36.7 Å². The molecule has 3 aromatic carbocycles. The predicted molar refractivity (Wildman–Crippen MR) is 209 cm³/mol. The highest BCUT2D eigenvalue weighted by molar-refractivity contribution is 5.94. The number of carbonyl (C=O) groups excluding carboxylic acids is 4. The molecule has 0 fully saturated rings. The van der Waals surface area contributed by atoms with E-state index < -0.39 is 53.2 Å². The number of phenolic OH excluding ortho intramolecular Hbond substituents is 2. The van der Waals surface area contributed by atoms with Crippen LogP contribution in [0.5, 0.6) is 11.5 Å². The lowest BCUT2D eigenvalue weighted by Crippen LogP contribution is -2.55. The van der Waals surface area contributed by atoms with Crippen LogP contribution in [0.1, 0.15) is 109 Å². The summed E-state index contributed by atoms with van der Waals surface area (Å²) in [5.74, 6) is -1.75. The van der Waals surface area contributed by atoms with Crippen molar-refractivity contribution in [2.45, 2.75) is 130 Å². The van der Waals surface area contributed by atoms with Crippen LogP contribution in [0.25, 0.3) is 0 Å². The van der Waals surface area contributed by atoms with Gasteiger partial charge in [-0.3, -0.25) is 9.59 Å². The summed E-state index contributed by atoms with van der Waals surface area (Å²) in [6.07, 6.45) is 3.66. The molecule has 0 bridgehead atoms. The molecule has 54 heavy (non-hydrogen) atoms. The first-order chi connectivity index (χ1) is 25.4. The molecule has 3 aromatic rings. The minimum Gasteiger partial charge on any atom is -0.508 e. The van der Waals surface area contributed by atoms with E-state index in [2.05, 4.69) is 17.6 Å². The number of nitrogens with zero attached hydrogens (tertiary/aromatic N) is 1. The van der Waals surface area contributed by atoms with E-state index in [0.29, 0.717) is 23.1 Å². The third-order valence-electron chi connectivity index (χ3n) is 8.54. The number of hydrogen-bond donors (Lipinski definition) is 4. The Morgan fingerprint density at radius 1 is 0.722 bits per heavy atom. The lowest BCUT2D eigenvalue weighted by molar-refractivity contribution is -0.159. The smallest absolute Gasteiger partial charge is 0.408 e. The van der Waals surface area contributed by atoms with Crippen molar-refractivity contribution in [2.24, 2.45) is 0 Å². The Labute approximate surface area is 320 Å². The van der Waals surface area contributed by atoms with Gasteiger partial charge in [0.1, 0.15) is 40.8 Å². The normalized spacial score (nSPS) is 13.3. The Balaban J connectivity index is 2.16. The number of aryl methyl sites for hydroxylation is 1. The van der Waals surface area contributed by atoms with Crippen LogP contribution in [0.2, 0.25) is 0 Å². The fourth-order valence-corrected chi connectivity index (χ4v) is 5.96. The van der Waals surface area contributed by atoms with E-state index in [9.17, 15) is 29.4 Å². The first-order valence-corrected chi connectivity index (χ1v) is 18.8. The van der Waals surface area contributed by atoms with Gasteiger partial charge < -0.3 is 35.2 Å². The summed E-state index contributed by atoms with van der Waals surface area (Å²) in [6.45, 7) is 14.4. The zero-order chi connectivity index (χ0) is 40.1. The molecule has 3 amide bonds. The molecule has 3 atom stereocenters. The topological polar surface area (TPSA) is 154 Å². The molecular formula is C43H59N3O8. The van der Waals surface area contributed by atoms with Gasteiger partial charge in [-0.1, -0.05) is 81.1 Å². The molecule has 3 rings (SSSR count). The van der Waals surface area contributed by atoms with Crippen molar-refractivity contribution < 1.29 is 38.9 Å². The maximum Gasteiger partial charge on any atom is 0.408 e. The average Bonchev–Trinajstić information content (AvgIpc) is 3.08. The summed E-state index contributed by atoms with van der Waals surface area (Å²) >= 11 is 0. The van der Waals surface area contributed by atoms with Gasteiger partial charge in [0.05, 0.1) is 0 Å². The fraction of sp³-hybridized carbons (Fsp3) is 0.488. The number of carbonyl (C=O) groups is 4. The number of unbranched alkanes of at least 4 members (excludes halogenated alkanes) is 4. The number of amides is 3. The lowest BCUT2D eigenvalue weighted by Gasteiger charge is -2.35. The van der Waals surface area contributed by atoms with E-state index in [1.54, 1.807) is 72.7 Å². The summed E-state index contributed by atoms with van der Waals surface area (Å²) in [5.41, 5.74) is 0.662. The van der Waals surface area contributed by atoms with E-state index in [-0.39, 0.29) is 30.9 Å². The number of esters is 1. The summed E-state index contributed by atoms with van der Waals surface area (Å²) in [4.78, 5) is 58.2. The van der Waals surface area contributed by atoms with Crippen molar-refractivity contribution in [3.8, 4) is 11.5 Å². The largest absolute Gasteiger partial charge is 0.508 e. The van der Waals surface area contributed by atoms with Crippen LogP contribution >= 0.6 is 0 Å². The molecule has 0 radical (unpaired) electrons. The molecule has 4 N–H and O–H groups in total. The molecule has 0 aliphatic rings. The Bertz CT molecular complexity index is 1680. The molecule has 0 saturated carbocycles. The van der Waals surface area contributed by atoms with Gasteiger partial charge >= 0.3 is 12.1 Å². The van der Waals surface area contributed by atoms with Gasteiger partial charge in [-0.15, -0.1) is 0 Å². The zero-order valence-corrected chi connectivity index (χ0v) is 33.1. The van der Waals surface area contributed by atoms with Crippen LogP contribution in [0, 0.1) is 6.92 Å². The van der Waals surface area contributed by atoms with Crippen molar-refractivity contribution in [2.75, 3.05) is 6.54 Å². The number of hydrogen-bond acceptors (Lipinski definition) is 8. The summed E-state index contributed by atoms with van der Waals surface area (Å²) in [5, 5.41) is 26.1. The third-order valence-corrected chi connectivity index (χ3v) is 8.54. The number of ether oxygens (including phenoxy) is 2. The van der Waals surface area contributed by atoms with Crippen LogP contribution in [0.4, 0.5) is 4.79 Å². The zero-order valence-electron chi connectivity index (χ0n) is 33.1.